The Kier molecular flexibility index (Phi) is 6.18. The number of hydrogen-bond donors (Lipinski definition) is 2. The average molecular weight is 305 g/mol. The van der Waals surface area contributed by atoms with E-state index in [-0.39, 0.29) is 11.9 Å². The van der Waals surface area contributed by atoms with E-state index in [1.54, 1.807) is 6.20 Å². The number of amides is 2. The van der Waals surface area contributed by atoms with E-state index in [2.05, 4.69) is 10.3 Å². The molecule has 1 fully saturated rings. The highest BCUT2D eigenvalue weighted by atomic mass is 16.4. The number of rotatable bonds is 8. The van der Waals surface area contributed by atoms with E-state index in [9.17, 15) is 9.59 Å². The summed E-state index contributed by atoms with van der Waals surface area (Å²) < 4.78 is 0. The van der Waals surface area contributed by atoms with Crippen LogP contribution in [0, 0.1) is 0 Å². The zero-order valence-corrected chi connectivity index (χ0v) is 12.7. The van der Waals surface area contributed by atoms with Crippen LogP contribution in [0.4, 0.5) is 4.79 Å². The van der Waals surface area contributed by atoms with Crippen molar-refractivity contribution in [3.8, 4) is 0 Å². The molecule has 2 amide bonds. The van der Waals surface area contributed by atoms with Gasteiger partial charge in [-0.05, 0) is 30.9 Å². The van der Waals surface area contributed by atoms with Gasteiger partial charge in [-0.2, -0.15) is 0 Å². The van der Waals surface area contributed by atoms with Crippen molar-refractivity contribution in [3.05, 3.63) is 30.1 Å². The predicted molar refractivity (Wildman–Crippen MR) is 82.4 cm³/mol. The zero-order chi connectivity index (χ0) is 15.8. The number of nitrogens with one attached hydrogen (secondary N) is 1. The summed E-state index contributed by atoms with van der Waals surface area (Å²) >= 11 is 0. The van der Waals surface area contributed by atoms with E-state index >= 15 is 0 Å². The molecule has 120 valence electrons. The molecule has 0 aromatic carbocycles. The number of aromatic nitrogens is 1. The summed E-state index contributed by atoms with van der Waals surface area (Å²) in [6.45, 7) is 1.26. The van der Waals surface area contributed by atoms with Gasteiger partial charge in [0.05, 0.1) is 6.04 Å². The van der Waals surface area contributed by atoms with Crippen LogP contribution in [0.3, 0.4) is 0 Å². The van der Waals surface area contributed by atoms with E-state index in [4.69, 9.17) is 5.11 Å². The maximum absolute atomic E-state index is 12.0. The van der Waals surface area contributed by atoms with Crippen molar-refractivity contribution in [3.63, 3.8) is 0 Å². The number of unbranched alkanes of at least 4 members (excludes halogenated alkanes) is 3. The molecule has 0 unspecified atom stereocenters. The second-order valence-electron chi connectivity index (χ2n) is 5.57. The molecule has 2 N–H and O–H groups in total. The molecule has 1 saturated heterocycles. The highest BCUT2D eigenvalue weighted by molar-refractivity contribution is 5.79. The predicted octanol–water partition coefficient (Wildman–Crippen LogP) is 2.57. The van der Waals surface area contributed by atoms with Crippen LogP contribution in [0.25, 0.3) is 0 Å². The molecule has 1 aromatic rings. The molecule has 0 aliphatic carbocycles. The summed E-state index contributed by atoms with van der Waals surface area (Å²) in [5.74, 6) is 0.224. The Balaban J connectivity index is 1.71. The normalized spacial score (nSPS) is 17.7. The quantitative estimate of drug-likeness (QED) is 0.723. The second-order valence-corrected chi connectivity index (χ2v) is 5.57. The molecule has 0 bridgehead atoms. The van der Waals surface area contributed by atoms with E-state index in [1.807, 2.05) is 23.2 Å². The van der Waals surface area contributed by atoms with Crippen molar-refractivity contribution in [1.82, 2.24) is 15.2 Å². The first-order valence-electron chi connectivity index (χ1n) is 7.84. The van der Waals surface area contributed by atoms with Crippen LogP contribution < -0.4 is 5.32 Å². The maximum Gasteiger partial charge on any atom is 0.404 e. The SMILES string of the molecule is O=C(O)NCCCCCCN1C(=O)CC[C@H]1c1cccnc1. The van der Waals surface area contributed by atoms with Crippen molar-refractivity contribution < 1.29 is 14.7 Å². The van der Waals surface area contributed by atoms with E-state index in [1.165, 1.54) is 0 Å². The van der Waals surface area contributed by atoms with Gasteiger partial charge in [-0.25, -0.2) is 4.79 Å². The summed E-state index contributed by atoms with van der Waals surface area (Å²) in [6, 6.07) is 4.10. The Morgan fingerprint density at radius 3 is 2.91 bits per heavy atom. The minimum atomic E-state index is -0.970. The first-order valence-corrected chi connectivity index (χ1v) is 7.84. The lowest BCUT2D eigenvalue weighted by Crippen LogP contribution is -2.28. The van der Waals surface area contributed by atoms with Crippen molar-refractivity contribution in [2.75, 3.05) is 13.1 Å². The summed E-state index contributed by atoms with van der Waals surface area (Å²) in [5.41, 5.74) is 1.11. The van der Waals surface area contributed by atoms with Crippen LogP contribution >= 0.6 is 0 Å². The van der Waals surface area contributed by atoms with Gasteiger partial charge in [0.15, 0.2) is 0 Å². The minimum Gasteiger partial charge on any atom is -0.465 e. The molecule has 1 aromatic heterocycles. The van der Waals surface area contributed by atoms with Gasteiger partial charge in [0.25, 0.3) is 0 Å². The lowest BCUT2D eigenvalue weighted by Gasteiger charge is -2.25. The molecule has 6 nitrogen and oxygen atoms in total. The molecule has 0 saturated carbocycles. The van der Waals surface area contributed by atoms with Crippen molar-refractivity contribution in [1.29, 1.82) is 0 Å². The van der Waals surface area contributed by atoms with Crippen molar-refractivity contribution in [2.24, 2.45) is 0 Å². The smallest absolute Gasteiger partial charge is 0.404 e. The molecule has 2 rings (SSSR count). The summed E-state index contributed by atoms with van der Waals surface area (Å²) in [4.78, 5) is 28.4. The lowest BCUT2D eigenvalue weighted by molar-refractivity contribution is -0.129. The second kappa shape index (κ2) is 8.36. The van der Waals surface area contributed by atoms with Gasteiger partial charge in [0, 0.05) is 31.9 Å². The summed E-state index contributed by atoms with van der Waals surface area (Å²) in [5, 5.41) is 10.8. The van der Waals surface area contributed by atoms with Gasteiger partial charge in [0.1, 0.15) is 0 Å². The van der Waals surface area contributed by atoms with Crippen LogP contribution in [0.5, 0.6) is 0 Å². The Bertz CT molecular complexity index is 493. The van der Waals surface area contributed by atoms with Gasteiger partial charge in [-0.15, -0.1) is 0 Å². The first-order chi connectivity index (χ1) is 10.7. The number of carboxylic acid groups (broad SMARTS) is 1. The molecule has 1 aliphatic rings. The fraction of sp³-hybridized carbons (Fsp3) is 0.562. The Hall–Kier alpha value is -2.11. The van der Waals surface area contributed by atoms with Crippen molar-refractivity contribution >= 4 is 12.0 Å². The lowest BCUT2D eigenvalue weighted by atomic mass is 10.1. The van der Waals surface area contributed by atoms with Crippen LogP contribution in [-0.4, -0.2) is 40.1 Å². The molecular formula is C16H23N3O3. The van der Waals surface area contributed by atoms with E-state index in [0.717, 1.165) is 44.2 Å². The Morgan fingerprint density at radius 1 is 1.36 bits per heavy atom. The van der Waals surface area contributed by atoms with Gasteiger partial charge in [0.2, 0.25) is 5.91 Å². The number of carbonyl (C=O) groups is 2. The molecule has 1 atom stereocenters. The molecule has 0 spiro atoms. The number of likely N-dealkylation sites (tertiary alicyclic amines) is 1. The van der Waals surface area contributed by atoms with E-state index in [0.29, 0.717) is 13.0 Å². The van der Waals surface area contributed by atoms with Gasteiger partial charge < -0.3 is 15.3 Å². The monoisotopic (exact) mass is 305 g/mol. The molecular weight excluding hydrogens is 282 g/mol. The minimum absolute atomic E-state index is 0.162. The summed E-state index contributed by atoms with van der Waals surface area (Å²) in [6.07, 6.45) is 7.87. The molecule has 2 heterocycles. The molecule has 6 heteroatoms. The average Bonchev–Trinajstić information content (AvgIpc) is 2.88. The summed E-state index contributed by atoms with van der Waals surface area (Å²) in [7, 11) is 0. The standard InChI is InChI=1S/C16H23N3O3/c20-15-8-7-14(13-6-5-9-17-12-13)19(15)11-4-2-1-3-10-18-16(21)22/h5-6,9,12,14,18H,1-4,7-8,10-11H2,(H,21,22)/t14-/m0/s1. The zero-order valence-electron chi connectivity index (χ0n) is 12.7. The fourth-order valence-electron chi connectivity index (χ4n) is 2.89. The number of nitrogens with zero attached hydrogens (tertiary/aromatic N) is 2. The first kappa shape index (κ1) is 16.3. The van der Waals surface area contributed by atoms with Crippen LogP contribution in [-0.2, 0) is 4.79 Å². The highest BCUT2D eigenvalue weighted by Crippen LogP contribution is 2.32. The van der Waals surface area contributed by atoms with E-state index < -0.39 is 6.09 Å². The number of carbonyl (C=O) groups excluding carboxylic acids is 1. The van der Waals surface area contributed by atoms with Crippen LogP contribution in [0.2, 0.25) is 0 Å². The van der Waals surface area contributed by atoms with Gasteiger partial charge in [-0.3, -0.25) is 9.78 Å². The molecule has 1 aliphatic heterocycles. The topological polar surface area (TPSA) is 82.5 Å². The maximum atomic E-state index is 12.0. The third-order valence-electron chi connectivity index (χ3n) is 4.00. The fourth-order valence-corrected chi connectivity index (χ4v) is 2.89. The highest BCUT2D eigenvalue weighted by Gasteiger charge is 2.31. The van der Waals surface area contributed by atoms with Gasteiger partial charge in [-0.1, -0.05) is 18.9 Å². The molecule has 0 radical (unpaired) electrons. The Morgan fingerprint density at radius 2 is 2.18 bits per heavy atom. The number of hydrogen-bond acceptors (Lipinski definition) is 3. The largest absolute Gasteiger partial charge is 0.465 e. The van der Waals surface area contributed by atoms with Crippen LogP contribution in [0.1, 0.15) is 50.1 Å². The third-order valence-corrected chi connectivity index (χ3v) is 4.00. The van der Waals surface area contributed by atoms with Gasteiger partial charge >= 0.3 is 6.09 Å². The molecule has 22 heavy (non-hydrogen) atoms. The Labute approximate surface area is 130 Å². The van der Waals surface area contributed by atoms with Crippen LogP contribution in [0.15, 0.2) is 24.5 Å². The van der Waals surface area contributed by atoms with Crippen molar-refractivity contribution in [2.45, 2.75) is 44.6 Å². The third kappa shape index (κ3) is 4.72. The number of pyridine rings is 1.